The Bertz CT molecular complexity index is 293. The maximum Gasteiger partial charge on any atom is 0.0686 e. The van der Waals surface area contributed by atoms with Crippen LogP contribution in [0.5, 0.6) is 0 Å². The highest BCUT2D eigenvalue weighted by atomic mass is 16.5. The van der Waals surface area contributed by atoms with E-state index in [1.807, 2.05) is 0 Å². The minimum absolute atomic E-state index is 0.139. The molecule has 0 radical (unpaired) electrons. The Labute approximate surface area is 117 Å². The molecule has 3 rings (SSSR count). The number of rotatable bonds is 1. The van der Waals surface area contributed by atoms with E-state index in [4.69, 9.17) is 4.74 Å². The van der Waals surface area contributed by atoms with Gasteiger partial charge in [0.2, 0.25) is 0 Å². The summed E-state index contributed by atoms with van der Waals surface area (Å²) in [4.78, 5) is 0. The van der Waals surface area contributed by atoms with Crippen LogP contribution >= 0.6 is 0 Å². The summed E-state index contributed by atoms with van der Waals surface area (Å²) in [6.45, 7) is 3.20. The van der Waals surface area contributed by atoms with Gasteiger partial charge in [0, 0.05) is 6.61 Å². The first-order valence-electron chi connectivity index (χ1n) is 8.48. The smallest absolute Gasteiger partial charge is 0.0686 e. The van der Waals surface area contributed by atoms with Gasteiger partial charge in [0.1, 0.15) is 0 Å². The normalized spacial score (nSPS) is 43.3. The van der Waals surface area contributed by atoms with Gasteiger partial charge in [-0.15, -0.1) is 0 Å². The predicted octanol–water partition coefficient (Wildman–Crippen LogP) is 4.06. The van der Waals surface area contributed by atoms with Crippen molar-refractivity contribution in [3.8, 4) is 0 Å². The first-order chi connectivity index (χ1) is 9.12. The second kappa shape index (κ2) is 5.37. The summed E-state index contributed by atoms with van der Waals surface area (Å²) in [5.41, 5.74) is -0.235. The molecule has 1 N–H and O–H groups in total. The molecule has 0 amide bonds. The zero-order chi connectivity index (χ0) is 13.3. The topological polar surface area (TPSA) is 29.5 Å². The molecule has 2 aliphatic carbocycles. The van der Waals surface area contributed by atoms with Gasteiger partial charge in [0.25, 0.3) is 0 Å². The maximum atomic E-state index is 11.1. The Hall–Kier alpha value is -0.0800. The summed E-state index contributed by atoms with van der Waals surface area (Å²) in [5, 5.41) is 11.1. The van der Waals surface area contributed by atoms with Crippen LogP contribution in [0, 0.1) is 11.8 Å². The van der Waals surface area contributed by atoms with Crippen LogP contribution in [-0.2, 0) is 4.74 Å². The lowest BCUT2D eigenvalue weighted by Gasteiger charge is -2.50. The average Bonchev–Trinajstić information content (AvgIpc) is 2.43. The van der Waals surface area contributed by atoms with E-state index in [2.05, 4.69) is 6.92 Å². The molecule has 0 aromatic rings. The van der Waals surface area contributed by atoms with E-state index in [-0.39, 0.29) is 11.2 Å². The van der Waals surface area contributed by atoms with Crippen LogP contribution in [0.15, 0.2) is 0 Å². The van der Waals surface area contributed by atoms with E-state index >= 15 is 0 Å². The molecule has 2 nitrogen and oxygen atoms in total. The average molecular weight is 266 g/mol. The molecule has 0 bridgehead atoms. The second-order valence-corrected chi connectivity index (χ2v) is 7.57. The molecule has 3 fully saturated rings. The third-order valence-corrected chi connectivity index (χ3v) is 6.16. The fourth-order valence-electron chi connectivity index (χ4n) is 4.70. The van der Waals surface area contributed by atoms with E-state index < -0.39 is 0 Å². The van der Waals surface area contributed by atoms with Gasteiger partial charge in [0.15, 0.2) is 0 Å². The monoisotopic (exact) mass is 266 g/mol. The molecule has 1 atom stereocenters. The van der Waals surface area contributed by atoms with Crippen molar-refractivity contribution < 1.29 is 9.84 Å². The van der Waals surface area contributed by atoms with Crippen molar-refractivity contribution in [3.05, 3.63) is 0 Å². The van der Waals surface area contributed by atoms with E-state index in [9.17, 15) is 5.11 Å². The third kappa shape index (κ3) is 2.85. The Balaban J connectivity index is 1.67. The first-order valence-corrected chi connectivity index (χ1v) is 8.48. The highest BCUT2D eigenvalue weighted by Gasteiger charge is 2.46. The van der Waals surface area contributed by atoms with Gasteiger partial charge in [-0.05, 0) is 63.2 Å². The van der Waals surface area contributed by atoms with E-state index in [1.54, 1.807) is 0 Å². The zero-order valence-corrected chi connectivity index (χ0v) is 12.5. The lowest BCUT2D eigenvalue weighted by Crippen LogP contribution is -2.50. The van der Waals surface area contributed by atoms with Gasteiger partial charge < -0.3 is 9.84 Å². The minimum Gasteiger partial charge on any atom is -0.390 e. The van der Waals surface area contributed by atoms with Gasteiger partial charge >= 0.3 is 0 Å². The number of hydrogen-bond acceptors (Lipinski definition) is 2. The molecule has 1 aliphatic heterocycles. The predicted molar refractivity (Wildman–Crippen MR) is 77.1 cm³/mol. The molecule has 1 heterocycles. The van der Waals surface area contributed by atoms with Crippen molar-refractivity contribution in [2.45, 2.75) is 88.8 Å². The van der Waals surface area contributed by atoms with Crippen LogP contribution in [0.1, 0.15) is 77.6 Å². The molecule has 1 saturated heterocycles. The number of hydrogen-bond donors (Lipinski definition) is 1. The van der Waals surface area contributed by atoms with Crippen LogP contribution in [0.4, 0.5) is 0 Å². The summed E-state index contributed by atoms with van der Waals surface area (Å²) in [7, 11) is 0. The highest BCUT2D eigenvalue weighted by molar-refractivity contribution is 4.98. The molecule has 2 saturated carbocycles. The molecule has 19 heavy (non-hydrogen) atoms. The van der Waals surface area contributed by atoms with Crippen LogP contribution < -0.4 is 0 Å². The highest BCUT2D eigenvalue weighted by Crippen LogP contribution is 2.47. The van der Waals surface area contributed by atoms with Crippen LogP contribution in [0.3, 0.4) is 0 Å². The van der Waals surface area contributed by atoms with Crippen molar-refractivity contribution in [1.82, 2.24) is 0 Å². The molecule has 1 spiro atoms. The Morgan fingerprint density at radius 1 is 0.947 bits per heavy atom. The zero-order valence-electron chi connectivity index (χ0n) is 12.5. The van der Waals surface area contributed by atoms with Crippen molar-refractivity contribution in [1.29, 1.82) is 0 Å². The lowest BCUT2D eigenvalue weighted by molar-refractivity contribution is -0.165. The van der Waals surface area contributed by atoms with Crippen LogP contribution in [0.2, 0.25) is 0 Å². The maximum absolute atomic E-state index is 11.1. The molecular weight excluding hydrogens is 236 g/mol. The van der Waals surface area contributed by atoms with Gasteiger partial charge in [-0.2, -0.15) is 0 Å². The molecule has 110 valence electrons. The Morgan fingerprint density at radius 3 is 2.32 bits per heavy atom. The number of ether oxygens (including phenoxy) is 1. The summed E-state index contributed by atoms with van der Waals surface area (Å²) < 4.78 is 6.18. The molecular formula is C17H30O2. The van der Waals surface area contributed by atoms with E-state index in [1.165, 1.54) is 44.9 Å². The molecule has 1 unspecified atom stereocenters. The lowest BCUT2D eigenvalue weighted by atomic mass is 9.65. The molecule has 0 aromatic heterocycles. The van der Waals surface area contributed by atoms with Gasteiger partial charge in [-0.3, -0.25) is 0 Å². The molecule has 2 heteroatoms. The third-order valence-electron chi connectivity index (χ3n) is 6.16. The fourth-order valence-corrected chi connectivity index (χ4v) is 4.70. The van der Waals surface area contributed by atoms with Gasteiger partial charge in [0.05, 0.1) is 11.2 Å². The largest absolute Gasteiger partial charge is 0.390 e. The summed E-state index contributed by atoms with van der Waals surface area (Å²) in [6, 6.07) is 0. The van der Waals surface area contributed by atoms with E-state index in [0.29, 0.717) is 5.92 Å². The SMILES string of the molecule is CC1CCC(O)(C2CCOC3(CCCCC3)C2)CC1. The standard InChI is InChI=1S/C17H30O2/c1-14-5-10-17(18,11-6-14)15-7-12-19-16(13-15)8-3-2-4-9-16/h14-15,18H,2-13H2,1H3. The quantitative estimate of drug-likeness (QED) is 0.775. The first kappa shape index (κ1) is 13.9. The van der Waals surface area contributed by atoms with Crippen LogP contribution in [-0.4, -0.2) is 22.9 Å². The van der Waals surface area contributed by atoms with Crippen molar-refractivity contribution >= 4 is 0 Å². The molecule has 3 aliphatic rings. The minimum atomic E-state index is -0.374. The summed E-state index contributed by atoms with van der Waals surface area (Å²) in [6.07, 6.45) is 13.1. The van der Waals surface area contributed by atoms with Gasteiger partial charge in [-0.25, -0.2) is 0 Å². The van der Waals surface area contributed by atoms with Gasteiger partial charge in [-0.1, -0.05) is 26.2 Å². The Kier molecular flexibility index (Phi) is 3.92. The van der Waals surface area contributed by atoms with Crippen molar-refractivity contribution in [3.63, 3.8) is 0 Å². The summed E-state index contributed by atoms with van der Waals surface area (Å²) in [5.74, 6) is 1.30. The van der Waals surface area contributed by atoms with Crippen LogP contribution in [0.25, 0.3) is 0 Å². The molecule has 0 aromatic carbocycles. The summed E-state index contributed by atoms with van der Waals surface area (Å²) >= 11 is 0. The second-order valence-electron chi connectivity index (χ2n) is 7.57. The number of aliphatic hydroxyl groups is 1. The van der Waals surface area contributed by atoms with E-state index in [0.717, 1.165) is 38.2 Å². The Morgan fingerprint density at radius 2 is 1.63 bits per heavy atom. The van der Waals surface area contributed by atoms with Crippen molar-refractivity contribution in [2.24, 2.45) is 11.8 Å². The van der Waals surface area contributed by atoms with Crippen molar-refractivity contribution in [2.75, 3.05) is 6.61 Å². The fraction of sp³-hybridized carbons (Fsp3) is 1.00.